The first-order valence-corrected chi connectivity index (χ1v) is 12.9. The smallest absolute Gasteiger partial charge is 0.378 e. The summed E-state index contributed by atoms with van der Waals surface area (Å²) in [6, 6.07) is 2.53. The quantitative estimate of drug-likeness (QED) is 0.239. The highest BCUT2D eigenvalue weighted by Crippen LogP contribution is 2.38. The number of nitrogens with two attached hydrogens (primary N) is 1. The molecule has 0 saturated carbocycles. The van der Waals surface area contributed by atoms with Crippen LogP contribution in [-0.4, -0.2) is 84.9 Å². The highest BCUT2D eigenvalue weighted by molar-refractivity contribution is 7.69. The fourth-order valence-corrected chi connectivity index (χ4v) is 4.26. The number of morpholine rings is 2. The Labute approximate surface area is 213 Å². The summed E-state index contributed by atoms with van der Waals surface area (Å²) in [5, 5.41) is 2.84. The Bertz CT molecular complexity index is 1100. The van der Waals surface area contributed by atoms with E-state index in [2.05, 4.69) is 28.9 Å². The van der Waals surface area contributed by atoms with Crippen LogP contribution in [0.25, 0.3) is 11.3 Å². The van der Waals surface area contributed by atoms with Gasteiger partial charge in [-0.1, -0.05) is 0 Å². The molecule has 2 aromatic heterocycles. The van der Waals surface area contributed by atoms with E-state index in [4.69, 9.17) is 15.4 Å². The van der Waals surface area contributed by atoms with E-state index < -0.39 is 22.6 Å². The first-order valence-electron chi connectivity index (χ1n) is 11.7. The molecule has 2 saturated heterocycles. The van der Waals surface area contributed by atoms with E-state index in [1.54, 1.807) is 6.07 Å². The molecule has 2 aliphatic heterocycles. The predicted octanol–water partition coefficient (Wildman–Crippen LogP) is 1.50. The van der Waals surface area contributed by atoms with E-state index in [-0.39, 0.29) is 30.2 Å². The van der Waals surface area contributed by atoms with Gasteiger partial charge in [0.2, 0.25) is 5.95 Å². The fraction of sp³-hybridized carbons (Fsp3) is 0.571. The van der Waals surface area contributed by atoms with Gasteiger partial charge in [0.05, 0.1) is 44.2 Å². The van der Waals surface area contributed by atoms with Crippen LogP contribution >= 0.6 is 0 Å². The van der Waals surface area contributed by atoms with Crippen molar-refractivity contribution in [3.8, 4) is 11.3 Å². The van der Waals surface area contributed by atoms with Crippen LogP contribution in [0.2, 0.25) is 0 Å². The van der Waals surface area contributed by atoms with Gasteiger partial charge in [0.1, 0.15) is 11.6 Å². The van der Waals surface area contributed by atoms with Gasteiger partial charge in [-0.25, -0.2) is 18.5 Å². The largest absolute Gasteiger partial charge is 0.417 e. The number of anilines is 3. The fourth-order valence-electron chi connectivity index (χ4n) is 3.89. The SMILES string of the molecule is NO[SH](=O)=NCCCNc1cc(C(F)(F)F)c(-c2cc(N3CCOCC3)nc(N3CCOCC3)n2)cn1. The van der Waals surface area contributed by atoms with Crippen LogP contribution in [0, 0.1) is 0 Å². The number of ether oxygens (including phenoxy) is 2. The molecule has 0 radical (unpaired) electrons. The Morgan fingerprint density at radius 2 is 1.76 bits per heavy atom. The maximum atomic E-state index is 14.2. The molecule has 12 nitrogen and oxygen atoms in total. The summed E-state index contributed by atoms with van der Waals surface area (Å²) in [6.45, 7) is 4.63. The molecular weight excluding hydrogens is 517 g/mol. The van der Waals surface area contributed by atoms with Crippen molar-refractivity contribution in [3.63, 3.8) is 0 Å². The summed E-state index contributed by atoms with van der Waals surface area (Å²) in [5.74, 6) is 5.70. The minimum absolute atomic E-state index is 0.0476. The van der Waals surface area contributed by atoms with Crippen LogP contribution in [0.1, 0.15) is 12.0 Å². The zero-order valence-electron chi connectivity index (χ0n) is 20.0. The van der Waals surface area contributed by atoms with E-state index in [1.165, 1.54) is 6.20 Å². The molecule has 37 heavy (non-hydrogen) atoms. The average Bonchev–Trinajstić information content (AvgIpc) is 2.93. The van der Waals surface area contributed by atoms with Gasteiger partial charge in [-0.3, -0.25) is 0 Å². The predicted molar refractivity (Wildman–Crippen MR) is 132 cm³/mol. The van der Waals surface area contributed by atoms with E-state index >= 15 is 0 Å². The molecule has 1 atom stereocenters. The molecular formula is C21H29F3N8O4S. The van der Waals surface area contributed by atoms with Crippen molar-refractivity contribution >= 4 is 28.5 Å². The molecule has 3 N–H and O–H groups in total. The second-order valence-corrected chi connectivity index (χ2v) is 9.18. The van der Waals surface area contributed by atoms with Gasteiger partial charge in [-0.05, 0) is 12.5 Å². The average molecular weight is 547 g/mol. The van der Waals surface area contributed by atoms with Crippen molar-refractivity contribution in [2.45, 2.75) is 12.6 Å². The third kappa shape index (κ3) is 7.38. The molecule has 204 valence electrons. The van der Waals surface area contributed by atoms with Crippen LogP contribution in [0.5, 0.6) is 0 Å². The van der Waals surface area contributed by atoms with E-state index in [9.17, 15) is 17.4 Å². The lowest BCUT2D eigenvalue weighted by Gasteiger charge is -2.31. The Morgan fingerprint density at radius 1 is 1.08 bits per heavy atom. The van der Waals surface area contributed by atoms with E-state index in [0.717, 1.165) is 6.07 Å². The lowest BCUT2D eigenvalue weighted by molar-refractivity contribution is -0.137. The first-order chi connectivity index (χ1) is 17.8. The molecule has 16 heteroatoms. The maximum Gasteiger partial charge on any atom is 0.417 e. The number of halogens is 3. The number of nitrogens with one attached hydrogen (secondary N) is 1. The minimum Gasteiger partial charge on any atom is -0.378 e. The topological polar surface area (TPSA) is 140 Å². The van der Waals surface area contributed by atoms with Gasteiger partial charge >= 0.3 is 6.18 Å². The van der Waals surface area contributed by atoms with Crippen LogP contribution in [0.3, 0.4) is 0 Å². The number of aromatic nitrogens is 3. The van der Waals surface area contributed by atoms with Crippen LogP contribution in [0.4, 0.5) is 30.8 Å². The van der Waals surface area contributed by atoms with Gasteiger partial charge in [0.15, 0.2) is 10.9 Å². The van der Waals surface area contributed by atoms with Gasteiger partial charge in [-0.2, -0.15) is 28.3 Å². The van der Waals surface area contributed by atoms with E-state index in [1.807, 2.05) is 9.80 Å². The zero-order chi connectivity index (χ0) is 26.3. The second kappa shape index (κ2) is 12.6. The summed E-state index contributed by atoms with van der Waals surface area (Å²) in [7, 11) is -2.29. The molecule has 4 heterocycles. The van der Waals surface area contributed by atoms with Crippen molar-refractivity contribution in [1.29, 1.82) is 0 Å². The third-order valence-corrected chi connectivity index (χ3v) is 6.37. The highest BCUT2D eigenvalue weighted by Gasteiger charge is 2.35. The van der Waals surface area contributed by atoms with Crippen molar-refractivity contribution in [1.82, 2.24) is 15.0 Å². The minimum atomic E-state index is -4.65. The number of hydrogen-bond acceptors (Lipinski definition) is 12. The number of alkyl halides is 3. The number of rotatable bonds is 9. The summed E-state index contributed by atoms with van der Waals surface area (Å²) < 4.78 is 72.1. The maximum absolute atomic E-state index is 14.2. The number of pyridine rings is 1. The third-order valence-electron chi connectivity index (χ3n) is 5.76. The molecule has 0 bridgehead atoms. The molecule has 0 aromatic carbocycles. The summed E-state index contributed by atoms with van der Waals surface area (Å²) in [5.41, 5.74) is -0.876. The van der Waals surface area contributed by atoms with Gasteiger partial charge in [-0.15, -0.1) is 0 Å². The molecule has 4 rings (SSSR count). The van der Waals surface area contributed by atoms with Gasteiger partial charge < -0.3 is 24.6 Å². The Morgan fingerprint density at radius 3 is 2.41 bits per heavy atom. The Balaban J connectivity index is 1.64. The van der Waals surface area contributed by atoms with Crippen LogP contribution in [-0.2, 0) is 30.8 Å². The Kier molecular flexibility index (Phi) is 9.31. The Hall–Kier alpha value is -2.79. The molecule has 2 aromatic rings. The number of hydrogen-bond donors (Lipinski definition) is 3. The van der Waals surface area contributed by atoms with E-state index in [0.29, 0.717) is 70.8 Å². The van der Waals surface area contributed by atoms with Crippen molar-refractivity contribution in [3.05, 3.63) is 23.9 Å². The molecule has 0 aliphatic carbocycles. The molecule has 2 fully saturated rings. The summed E-state index contributed by atoms with van der Waals surface area (Å²) in [6.07, 6.45) is -3.08. The highest BCUT2D eigenvalue weighted by atomic mass is 32.2. The number of nitrogens with zero attached hydrogens (tertiary/aromatic N) is 6. The summed E-state index contributed by atoms with van der Waals surface area (Å²) in [4.78, 5) is 17.2. The van der Waals surface area contributed by atoms with Crippen LogP contribution in [0.15, 0.2) is 22.7 Å². The molecule has 0 amide bonds. The van der Waals surface area contributed by atoms with Crippen molar-refractivity contribution in [2.24, 2.45) is 10.3 Å². The number of thiol groups is 1. The second-order valence-electron chi connectivity index (χ2n) is 8.21. The molecule has 2 aliphatic rings. The first kappa shape index (κ1) is 27.3. The normalized spacial score (nSPS) is 17.7. The van der Waals surface area contributed by atoms with Gasteiger partial charge in [0.25, 0.3) is 0 Å². The lowest BCUT2D eigenvalue weighted by atomic mass is 10.1. The van der Waals surface area contributed by atoms with Crippen LogP contribution < -0.4 is 21.0 Å². The lowest BCUT2D eigenvalue weighted by Crippen LogP contribution is -2.39. The van der Waals surface area contributed by atoms with Crippen molar-refractivity contribution in [2.75, 3.05) is 80.8 Å². The molecule has 0 spiro atoms. The summed E-state index contributed by atoms with van der Waals surface area (Å²) >= 11 is 0. The van der Waals surface area contributed by atoms with Crippen molar-refractivity contribution < 1.29 is 31.1 Å². The monoisotopic (exact) mass is 546 g/mol. The van der Waals surface area contributed by atoms with Gasteiger partial charge in [0, 0.05) is 50.6 Å². The standard InChI is InChI=1S/C21H29F3N8O4S/c22-21(23,24)16-12-18(26-2-1-3-28-37(33)36-25)27-14-15(16)17-13-19(31-4-8-34-9-5-31)30-20(29-17)32-6-10-35-11-7-32/h12-14,37H,1-11,25H2,(H,26,27). The zero-order valence-corrected chi connectivity index (χ0v) is 20.9. The molecule has 1 unspecified atom stereocenters.